The van der Waals surface area contributed by atoms with E-state index in [2.05, 4.69) is 0 Å². The molecule has 0 heterocycles. The molecule has 0 aromatic heterocycles. The maximum atomic E-state index is 0. The molecular weight excluding hydrogens is 249 g/mol. The van der Waals surface area contributed by atoms with Crippen LogP contribution in [0.25, 0.3) is 0 Å². The van der Waals surface area contributed by atoms with Gasteiger partial charge in [-0.3, -0.25) is 0 Å². The van der Waals surface area contributed by atoms with Gasteiger partial charge in [0.1, 0.15) is 0 Å². The molecule has 0 fully saturated rings. The van der Waals surface area contributed by atoms with Gasteiger partial charge < -0.3 is 9.90 Å². The van der Waals surface area contributed by atoms with Crippen molar-refractivity contribution in [3.63, 3.8) is 0 Å². The summed E-state index contributed by atoms with van der Waals surface area (Å²) in [4.78, 5) is 0. The second-order valence-corrected chi connectivity index (χ2v) is 0. The first-order valence-electron chi connectivity index (χ1n) is 0. The molecule has 0 nitrogen and oxygen atoms in total. The summed E-state index contributed by atoms with van der Waals surface area (Å²) in [6.45, 7) is 0. The Morgan fingerprint density at radius 1 is 1.00 bits per heavy atom. The molecule has 0 saturated carbocycles. The Kier molecular flexibility index (Phi) is 146. The van der Waals surface area contributed by atoms with Gasteiger partial charge in [-0.05, 0) is 0 Å². The van der Waals surface area contributed by atoms with Gasteiger partial charge in [-0.2, -0.15) is 0 Å². The average molecular weight is 255 g/mol. The van der Waals surface area contributed by atoms with Gasteiger partial charge in [-0.25, -0.2) is 0 Å². The Hall–Kier alpha value is 2.42. The zero-order chi connectivity index (χ0) is 0. The van der Waals surface area contributed by atoms with E-state index < -0.39 is 0 Å². The molecule has 0 unspecified atom stereocenters. The summed E-state index contributed by atoms with van der Waals surface area (Å²) in [6.07, 6.45) is 0. The van der Waals surface area contributed by atoms with E-state index in [9.17, 15) is 0 Å². The van der Waals surface area contributed by atoms with Gasteiger partial charge >= 0.3 is 61.6 Å². The molecule has 0 aromatic rings. The molecule has 0 atom stereocenters. The van der Waals surface area contributed by atoms with Crippen LogP contribution < -0.4 is 0 Å². The second-order valence-electron chi connectivity index (χ2n) is 0. The van der Waals surface area contributed by atoms with Crippen molar-refractivity contribution in [3.8, 4) is 0 Å². The minimum absolute atomic E-state index is 0. The van der Waals surface area contributed by atoms with Crippen LogP contribution in [0.15, 0.2) is 0 Å². The molecule has 0 aliphatic rings. The maximum absolute atomic E-state index is 0. The van der Waals surface area contributed by atoms with Crippen LogP contribution >= 0.6 is 9.90 Å². The van der Waals surface area contributed by atoms with Crippen molar-refractivity contribution in [1.29, 1.82) is 0 Å². The van der Waals surface area contributed by atoms with E-state index in [0.29, 0.717) is 0 Å². The molecule has 0 aromatic carbocycles. The Balaban J connectivity index is 0. The third kappa shape index (κ3) is 8.83. The van der Waals surface area contributed by atoms with Crippen molar-refractivity contribution in [2.75, 3.05) is 0 Å². The van der Waals surface area contributed by atoms with Crippen LogP contribution in [0.1, 0.15) is 0 Å². The zero-order valence-corrected chi connectivity index (χ0v) is 6.07. The van der Waals surface area contributed by atoms with Crippen LogP contribution in [0.2, 0.25) is 0 Å². The summed E-state index contributed by atoms with van der Waals surface area (Å²) in [5.41, 5.74) is 0. The molecular formula is H6AlGaPSb. The SMILES string of the molecule is [Al+3].[Ga+3].[P-3].[SbH6-3]. The van der Waals surface area contributed by atoms with E-state index in [1.165, 1.54) is 0 Å². The van der Waals surface area contributed by atoms with E-state index in [4.69, 9.17) is 0 Å². The van der Waals surface area contributed by atoms with Crippen LogP contribution in [0.5, 0.6) is 0 Å². The molecule has 0 bridgehead atoms. The predicted octanol–water partition coefficient (Wildman–Crippen LogP) is -1.89. The normalized spacial score (nSPS) is 0. The quantitative estimate of drug-likeness (QED) is 0.351. The van der Waals surface area contributed by atoms with Gasteiger partial charge in [-0.1, -0.05) is 0 Å². The molecule has 0 rings (SSSR count). The average Bonchev–Trinajstić information content (AvgIpc) is 0. The Morgan fingerprint density at radius 3 is 1.00 bits per heavy atom. The number of rotatable bonds is 0. The van der Waals surface area contributed by atoms with Crippen LogP contribution in [-0.4, -0.2) is 61.6 Å². The van der Waals surface area contributed by atoms with Crippen LogP contribution in [-0.2, 0) is 0 Å². The summed E-state index contributed by atoms with van der Waals surface area (Å²) in [5, 5.41) is 0. The van der Waals surface area contributed by atoms with E-state index in [1.54, 1.807) is 0 Å². The first-order valence-corrected chi connectivity index (χ1v) is 0. The molecule has 0 aliphatic heterocycles. The topological polar surface area (TPSA) is 0 Å². The van der Waals surface area contributed by atoms with Gasteiger partial charge in [0.25, 0.3) is 0 Å². The van der Waals surface area contributed by atoms with Crippen molar-refractivity contribution in [2.24, 2.45) is 0 Å². The fourth-order valence-corrected chi connectivity index (χ4v) is 0. The van der Waals surface area contributed by atoms with Gasteiger partial charge in [-0.15, -0.1) is 0 Å². The van der Waals surface area contributed by atoms with E-state index in [0.717, 1.165) is 0 Å². The fourth-order valence-electron chi connectivity index (χ4n) is 0. The van der Waals surface area contributed by atoms with Crippen molar-refractivity contribution in [2.45, 2.75) is 0 Å². The Labute approximate surface area is 70.7 Å². The molecule has 0 radical (unpaired) electrons. The summed E-state index contributed by atoms with van der Waals surface area (Å²) in [7, 11) is 0. The third-order valence-corrected chi connectivity index (χ3v) is 0. The molecule has 0 amide bonds. The van der Waals surface area contributed by atoms with Crippen molar-refractivity contribution in [1.82, 2.24) is 0 Å². The minimum atomic E-state index is 0. The Bertz CT molecular complexity index is 8.00. The molecule has 0 N–H and O–H groups in total. The third-order valence-electron chi connectivity index (χ3n) is 0. The first-order chi connectivity index (χ1) is 0. The summed E-state index contributed by atoms with van der Waals surface area (Å²) in [6, 6.07) is 0. The summed E-state index contributed by atoms with van der Waals surface area (Å²) in [5.74, 6) is 0. The van der Waals surface area contributed by atoms with E-state index in [-0.39, 0.29) is 71.5 Å². The monoisotopic (exact) mass is 254 g/mol. The Morgan fingerprint density at radius 2 is 1.00 bits per heavy atom. The van der Waals surface area contributed by atoms with Gasteiger partial charge in [0.05, 0.1) is 0 Å². The molecule has 4 heteroatoms. The predicted molar refractivity (Wildman–Crippen MR) is 32.6 cm³/mol. The van der Waals surface area contributed by atoms with Gasteiger partial charge in [0.2, 0.25) is 0 Å². The first kappa shape index (κ1) is 32.2. The van der Waals surface area contributed by atoms with E-state index in [1.807, 2.05) is 0 Å². The van der Waals surface area contributed by atoms with Crippen molar-refractivity contribution < 1.29 is 0 Å². The van der Waals surface area contributed by atoms with Crippen molar-refractivity contribution in [3.05, 3.63) is 0 Å². The van der Waals surface area contributed by atoms with Crippen LogP contribution in [0.3, 0.4) is 0 Å². The van der Waals surface area contributed by atoms with Crippen LogP contribution in [0.4, 0.5) is 0 Å². The van der Waals surface area contributed by atoms with Gasteiger partial charge in [0.15, 0.2) is 0 Å². The number of hydrogen-bond acceptors (Lipinski definition) is 0. The molecule has 4 heavy (non-hydrogen) atoms. The summed E-state index contributed by atoms with van der Waals surface area (Å²) >= 11 is 0. The molecule has 0 aliphatic carbocycles. The molecule has 0 saturated heterocycles. The van der Waals surface area contributed by atoms with E-state index >= 15 is 0 Å². The van der Waals surface area contributed by atoms with Gasteiger partial charge in [0, 0.05) is 0 Å². The van der Waals surface area contributed by atoms with Crippen molar-refractivity contribution >= 4 is 71.5 Å². The molecule has 22 valence electrons. The summed E-state index contributed by atoms with van der Waals surface area (Å²) < 4.78 is 0. The van der Waals surface area contributed by atoms with Crippen LogP contribution in [0, 0.1) is 0 Å². The molecule has 0 spiro atoms. The fraction of sp³-hybridized carbons (Fsp3) is 0. The standard InChI is InChI=1S/Al.Ga.P.Sb.6H/q2*+3;2*-3;;;;;;. The zero-order valence-electron chi connectivity index (χ0n) is 1.60. The second kappa shape index (κ2) is 18.1. The number of hydrogen-bond donors (Lipinski definition) is 0.